The molecule has 1 atom stereocenters. The van der Waals surface area contributed by atoms with Gasteiger partial charge in [-0.15, -0.1) is 0 Å². The minimum atomic E-state index is -1.10. The molecule has 0 spiro atoms. The third kappa shape index (κ3) is 8.80. The molecule has 1 aromatic heterocycles. The van der Waals surface area contributed by atoms with Crippen LogP contribution in [0.4, 0.5) is 0 Å². The highest BCUT2D eigenvalue weighted by atomic mass is 16.4. The zero-order valence-electron chi connectivity index (χ0n) is 14.4. The molecule has 0 amide bonds. The molecule has 0 saturated carbocycles. The number of furan rings is 1. The summed E-state index contributed by atoms with van der Waals surface area (Å²) in [6.07, 6.45) is 13.9. The van der Waals surface area contributed by atoms with Crippen LogP contribution in [0, 0.1) is 0 Å². The van der Waals surface area contributed by atoms with Crippen molar-refractivity contribution in [2.24, 2.45) is 0 Å². The van der Waals surface area contributed by atoms with Gasteiger partial charge in [-0.3, -0.25) is 0 Å². The molecule has 0 aliphatic carbocycles. The van der Waals surface area contributed by atoms with Crippen molar-refractivity contribution in [2.75, 3.05) is 0 Å². The van der Waals surface area contributed by atoms with Crippen molar-refractivity contribution in [1.82, 2.24) is 0 Å². The van der Waals surface area contributed by atoms with Crippen LogP contribution in [0.5, 0.6) is 0 Å². The monoisotopic (exact) mass is 324 g/mol. The Bertz CT molecular complexity index is 425. The predicted molar refractivity (Wildman–Crippen MR) is 91.7 cm³/mol. The Labute approximate surface area is 139 Å². The van der Waals surface area contributed by atoms with Crippen molar-refractivity contribution >= 4 is 5.97 Å². The van der Waals surface area contributed by atoms with Gasteiger partial charge < -0.3 is 14.6 Å². The SMILES string of the molecule is CCCCCCCCCCCCCC(O)c1ccc(C(=O)O)o1. The summed E-state index contributed by atoms with van der Waals surface area (Å²) in [6.45, 7) is 2.24. The van der Waals surface area contributed by atoms with E-state index in [0.717, 1.165) is 12.8 Å². The molecule has 4 heteroatoms. The molecule has 1 rings (SSSR count). The Morgan fingerprint density at radius 3 is 1.96 bits per heavy atom. The molecule has 132 valence electrons. The Hall–Kier alpha value is -1.29. The Balaban J connectivity index is 1.97. The molecule has 0 saturated heterocycles. The Kier molecular flexibility index (Phi) is 10.5. The van der Waals surface area contributed by atoms with Gasteiger partial charge in [-0.2, -0.15) is 0 Å². The van der Waals surface area contributed by atoms with Gasteiger partial charge in [0.05, 0.1) is 0 Å². The molecule has 23 heavy (non-hydrogen) atoms. The normalized spacial score (nSPS) is 12.4. The molecule has 0 aliphatic rings. The van der Waals surface area contributed by atoms with E-state index in [4.69, 9.17) is 9.52 Å². The fraction of sp³-hybridized carbons (Fsp3) is 0.737. The summed E-state index contributed by atoms with van der Waals surface area (Å²) in [5.74, 6) is -0.856. The summed E-state index contributed by atoms with van der Waals surface area (Å²) in [5, 5.41) is 18.8. The van der Waals surface area contributed by atoms with E-state index >= 15 is 0 Å². The van der Waals surface area contributed by atoms with E-state index < -0.39 is 12.1 Å². The lowest BCUT2D eigenvalue weighted by Crippen LogP contribution is -1.97. The van der Waals surface area contributed by atoms with E-state index in [1.165, 1.54) is 63.9 Å². The fourth-order valence-corrected chi connectivity index (χ4v) is 2.79. The lowest BCUT2D eigenvalue weighted by molar-refractivity contribution is 0.0649. The highest BCUT2D eigenvalue weighted by Gasteiger charge is 2.15. The average Bonchev–Trinajstić information content (AvgIpc) is 3.02. The number of hydrogen-bond donors (Lipinski definition) is 2. The smallest absolute Gasteiger partial charge is 0.371 e. The maximum absolute atomic E-state index is 10.7. The number of aliphatic hydroxyl groups is 1. The molecular formula is C19H32O4. The first-order valence-corrected chi connectivity index (χ1v) is 9.16. The van der Waals surface area contributed by atoms with E-state index in [2.05, 4.69) is 6.92 Å². The van der Waals surface area contributed by atoms with Crippen LogP contribution in [-0.2, 0) is 0 Å². The van der Waals surface area contributed by atoms with E-state index in [0.29, 0.717) is 12.2 Å². The Morgan fingerprint density at radius 2 is 1.48 bits per heavy atom. The second-order valence-electron chi connectivity index (χ2n) is 6.35. The van der Waals surface area contributed by atoms with E-state index in [1.807, 2.05) is 0 Å². The van der Waals surface area contributed by atoms with Crippen molar-refractivity contribution in [3.8, 4) is 0 Å². The number of carboxylic acids is 1. The summed E-state index contributed by atoms with van der Waals surface area (Å²) in [5.41, 5.74) is 0. The molecule has 0 aromatic carbocycles. The van der Waals surface area contributed by atoms with Gasteiger partial charge in [0.15, 0.2) is 0 Å². The second kappa shape index (κ2) is 12.2. The summed E-state index contributed by atoms with van der Waals surface area (Å²) < 4.78 is 5.11. The van der Waals surface area contributed by atoms with Crippen LogP contribution in [0.15, 0.2) is 16.5 Å². The number of aromatic carboxylic acids is 1. The number of carboxylic acid groups (broad SMARTS) is 1. The number of hydrogen-bond acceptors (Lipinski definition) is 3. The van der Waals surface area contributed by atoms with Gasteiger partial charge in [0.1, 0.15) is 11.9 Å². The highest BCUT2D eigenvalue weighted by Crippen LogP contribution is 2.22. The van der Waals surface area contributed by atoms with Crippen molar-refractivity contribution in [2.45, 2.75) is 90.1 Å². The van der Waals surface area contributed by atoms with Crippen LogP contribution in [0.3, 0.4) is 0 Å². The summed E-state index contributed by atoms with van der Waals surface area (Å²) in [6, 6.07) is 2.94. The Morgan fingerprint density at radius 1 is 0.957 bits per heavy atom. The third-order valence-electron chi connectivity index (χ3n) is 4.25. The largest absolute Gasteiger partial charge is 0.475 e. The van der Waals surface area contributed by atoms with Crippen LogP contribution in [0.1, 0.15) is 106 Å². The maximum atomic E-state index is 10.7. The topological polar surface area (TPSA) is 70.7 Å². The summed E-state index contributed by atoms with van der Waals surface area (Å²) in [4.78, 5) is 10.7. The first-order valence-electron chi connectivity index (χ1n) is 9.16. The first-order chi connectivity index (χ1) is 11.1. The lowest BCUT2D eigenvalue weighted by atomic mass is 10.0. The van der Waals surface area contributed by atoms with Gasteiger partial charge >= 0.3 is 5.97 Å². The standard InChI is InChI=1S/C19H32O4/c1-2-3-4-5-6-7-8-9-10-11-12-13-16(20)17-14-15-18(23-17)19(21)22/h14-16,20H,2-13H2,1H3,(H,21,22). The molecule has 1 heterocycles. The third-order valence-corrected chi connectivity index (χ3v) is 4.25. The number of carbonyl (C=O) groups is 1. The van der Waals surface area contributed by atoms with Gasteiger partial charge in [-0.05, 0) is 18.6 Å². The lowest BCUT2D eigenvalue weighted by Gasteiger charge is -2.07. The highest BCUT2D eigenvalue weighted by molar-refractivity contribution is 5.84. The quantitative estimate of drug-likeness (QED) is 0.430. The van der Waals surface area contributed by atoms with Crippen LogP contribution >= 0.6 is 0 Å². The predicted octanol–water partition coefficient (Wildman–Crippen LogP) is 5.71. The van der Waals surface area contributed by atoms with Crippen molar-refractivity contribution < 1.29 is 19.4 Å². The van der Waals surface area contributed by atoms with Gasteiger partial charge in [0, 0.05) is 0 Å². The van der Waals surface area contributed by atoms with Crippen molar-refractivity contribution in [3.05, 3.63) is 23.7 Å². The number of rotatable bonds is 14. The van der Waals surface area contributed by atoms with Gasteiger partial charge in [-0.25, -0.2) is 4.79 Å². The minimum Gasteiger partial charge on any atom is -0.475 e. The zero-order chi connectivity index (χ0) is 16.9. The summed E-state index contributed by atoms with van der Waals surface area (Å²) >= 11 is 0. The average molecular weight is 324 g/mol. The minimum absolute atomic E-state index is 0.113. The zero-order valence-corrected chi connectivity index (χ0v) is 14.4. The number of aliphatic hydroxyl groups excluding tert-OH is 1. The van der Waals surface area contributed by atoms with Crippen LogP contribution < -0.4 is 0 Å². The van der Waals surface area contributed by atoms with Gasteiger partial charge in [0.2, 0.25) is 5.76 Å². The van der Waals surface area contributed by atoms with Crippen LogP contribution in [-0.4, -0.2) is 16.2 Å². The second-order valence-corrected chi connectivity index (χ2v) is 6.35. The number of unbranched alkanes of at least 4 members (excludes halogenated alkanes) is 10. The molecule has 1 aromatic rings. The van der Waals surface area contributed by atoms with E-state index in [1.54, 1.807) is 6.07 Å². The summed E-state index contributed by atoms with van der Waals surface area (Å²) in [7, 11) is 0. The molecule has 0 fully saturated rings. The molecular weight excluding hydrogens is 292 g/mol. The van der Waals surface area contributed by atoms with Crippen LogP contribution in [0.2, 0.25) is 0 Å². The molecule has 0 radical (unpaired) electrons. The van der Waals surface area contributed by atoms with E-state index in [-0.39, 0.29) is 5.76 Å². The van der Waals surface area contributed by atoms with Gasteiger partial charge in [0.25, 0.3) is 0 Å². The first kappa shape index (κ1) is 19.8. The molecule has 4 nitrogen and oxygen atoms in total. The molecule has 0 aliphatic heterocycles. The molecule has 1 unspecified atom stereocenters. The fourth-order valence-electron chi connectivity index (χ4n) is 2.79. The maximum Gasteiger partial charge on any atom is 0.371 e. The molecule has 2 N–H and O–H groups in total. The van der Waals surface area contributed by atoms with Crippen LogP contribution in [0.25, 0.3) is 0 Å². The van der Waals surface area contributed by atoms with Gasteiger partial charge in [-0.1, -0.05) is 77.6 Å². The van der Waals surface area contributed by atoms with E-state index in [9.17, 15) is 9.90 Å². The molecule has 0 bridgehead atoms. The van der Waals surface area contributed by atoms with Crippen molar-refractivity contribution in [1.29, 1.82) is 0 Å². The van der Waals surface area contributed by atoms with Crippen molar-refractivity contribution in [3.63, 3.8) is 0 Å².